The van der Waals surface area contributed by atoms with Gasteiger partial charge in [0.15, 0.2) is 0 Å². The Morgan fingerprint density at radius 1 is 1.03 bits per heavy atom. The maximum Gasteiger partial charge on any atom is 0.275 e. The number of halogens is 1. The molecule has 0 saturated carbocycles. The summed E-state index contributed by atoms with van der Waals surface area (Å²) >= 11 is 6.11. The van der Waals surface area contributed by atoms with E-state index in [4.69, 9.17) is 11.6 Å². The summed E-state index contributed by atoms with van der Waals surface area (Å²) in [4.78, 5) is 33.9. The number of rotatable bonds is 6. The summed E-state index contributed by atoms with van der Waals surface area (Å²) in [6, 6.07) is 13.6. The van der Waals surface area contributed by atoms with Gasteiger partial charge in [0, 0.05) is 73.2 Å². The second kappa shape index (κ2) is 10.2. The number of benzene rings is 1. The van der Waals surface area contributed by atoms with Gasteiger partial charge in [0.1, 0.15) is 11.5 Å². The number of piperazine rings is 1. The van der Waals surface area contributed by atoms with Gasteiger partial charge in [-0.3, -0.25) is 14.7 Å². The van der Waals surface area contributed by atoms with Crippen LogP contribution in [0.1, 0.15) is 21.7 Å². The lowest BCUT2D eigenvalue weighted by molar-refractivity contribution is 0.102. The van der Waals surface area contributed by atoms with Crippen LogP contribution >= 0.6 is 11.6 Å². The summed E-state index contributed by atoms with van der Waals surface area (Å²) in [7, 11) is 0. The van der Waals surface area contributed by atoms with Crippen molar-refractivity contribution in [2.24, 2.45) is 0 Å². The summed E-state index contributed by atoms with van der Waals surface area (Å²) in [5.74, 6) is 0.709. The van der Waals surface area contributed by atoms with Crippen LogP contribution in [-0.2, 0) is 6.54 Å². The van der Waals surface area contributed by atoms with Crippen molar-refractivity contribution >= 4 is 29.0 Å². The third-order valence-electron chi connectivity index (χ3n) is 6.21. The van der Waals surface area contributed by atoms with Gasteiger partial charge in [-0.1, -0.05) is 29.8 Å². The molecule has 3 aromatic heterocycles. The van der Waals surface area contributed by atoms with E-state index in [1.165, 1.54) is 12.4 Å². The average molecular weight is 488 g/mol. The molecular formula is C26H26ClN7O. The first-order chi connectivity index (χ1) is 17.1. The van der Waals surface area contributed by atoms with Crippen LogP contribution in [0.15, 0.2) is 67.3 Å². The number of pyridine rings is 1. The SMILES string of the molecule is Cc1[nH]c(-c2ccc(Cl)cc2)c(NC(=O)c2cnccn2)c1CN1CCN(c2ccccn2)CC1. The Bertz CT molecular complexity index is 1280. The van der Waals surface area contributed by atoms with Crippen LogP contribution in [0.3, 0.4) is 0 Å². The summed E-state index contributed by atoms with van der Waals surface area (Å²) in [5.41, 5.74) is 4.88. The van der Waals surface area contributed by atoms with Gasteiger partial charge in [0.25, 0.3) is 5.91 Å². The third kappa shape index (κ3) is 5.18. The molecule has 0 atom stereocenters. The Morgan fingerprint density at radius 3 is 2.51 bits per heavy atom. The number of carbonyl (C=O) groups excluding carboxylic acids is 1. The molecule has 1 saturated heterocycles. The van der Waals surface area contributed by atoms with Crippen LogP contribution in [0, 0.1) is 6.92 Å². The molecule has 1 aliphatic rings. The maximum absolute atomic E-state index is 13.0. The molecule has 178 valence electrons. The number of H-pyrrole nitrogens is 1. The lowest BCUT2D eigenvalue weighted by Crippen LogP contribution is -2.46. The van der Waals surface area contributed by atoms with E-state index in [1.807, 2.05) is 55.6 Å². The lowest BCUT2D eigenvalue weighted by atomic mass is 10.1. The number of aromatic amines is 1. The highest BCUT2D eigenvalue weighted by molar-refractivity contribution is 6.30. The lowest BCUT2D eigenvalue weighted by Gasteiger charge is -2.35. The highest BCUT2D eigenvalue weighted by atomic mass is 35.5. The maximum atomic E-state index is 13.0. The molecule has 0 radical (unpaired) electrons. The van der Waals surface area contributed by atoms with Crippen molar-refractivity contribution in [2.45, 2.75) is 13.5 Å². The first kappa shape index (κ1) is 23.0. The minimum Gasteiger partial charge on any atom is -0.357 e. The minimum atomic E-state index is -0.298. The van der Waals surface area contributed by atoms with Crippen LogP contribution in [0.5, 0.6) is 0 Å². The van der Waals surface area contributed by atoms with E-state index in [2.05, 4.69) is 35.1 Å². The zero-order valence-electron chi connectivity index (χ0n) is 19.4. The van der Waals surface area contributed by atoms with Crippen molar-refractivity contribution < 1.29 is 4.79 Å². The van der Waals surface area contributed by atoms with E-state index in [9.17, 15) is 4.79 Å². The van der Waals surface area contributed by atoms with Gasteiger partial charge in [-0.25, -0.2) is 9.97 Å². The quantitative estimate of drug-likeness (QED) is 0.419. The number of carbonyl (C=O) groups is 1. The first-order valence-electron chi connectivity index (χ1n) is 11.5. The van der Waals surface area contributed by atoms with Crippen molar-refractivity contribution in [2.75, 3.05) is 36.4 Å². The van der Waals surface area contributed by atoms with Gasteiger partial charge in [-0.2, -0.15) is 0 Å². The van der Waals surface area contributed by atoms with Crippen molar-refractivity contribution in [3.05, 3.63) is 89.2 Å². The number of nitrogens with one attached hydrogen (secondary N) is 2. The molecule has 5 rings (SSSR count). The highest BCUT2D eigenvalue weighted by Crippen LogP contribution is 2.35. The van der Waals surface area contributed by atoms with Gasteiger partial charge in [-0.15, -0.1) is 0 Å². The molecule has 1 fully saturated rings. The van der Waals surface area contributed by atoms with Crippen LogP contribution in [0.25, 0.3) is 11.3 Å². The second-order valence-corrected chi connectivity index (χ2v) is 8.92. The summed E-state index contributed by atoms with van der Waals surface area (Å²) in [6.07, 6.45) is 6.36. The Labute approximate surface area is 209 Å². The van der Waals surface area contributed by atoms with Crippen molar-refractivity contribution in [1.29, 1.82) is 0 Å². The highest BCUT2D eigenvalue weighted by Gasteiger charge is 2.24. The Balaban J connectivity index is 1.40. The molecule has 35 heavy (non-hydrogen) atoms. The monoisotopic (exact) mass is 487 g/mol. The van der Waals surface area contributed by atoms with Crippen molar-refractivity contribution in [3.8, 4) is 11.3 Å². The number of amides is 1. The number of nitrogens with zero attached hydrogens (tertiary/aromatic N) is 5. The molecular weight excluding hydrogens is 462 g/mol. The van der Waals surface area contributed by atoms with Gasteiger partial charge >= 0.3 is 0 Å². The van der Waals surface area contributed by atoms with E-state index < -0.39 is 0 Å². The molecule has 9 heteroatoms. The van der Waals surface area contributed by atoms with Gasteiger partial charge in [0.05, 0.1) is 17.6 Å². The number of anilines is 2. The number of hydrogen-bond donors (Lipinski definition) is 2. The standard InChI is InChI=1S/C26H26ClN7O/c1-18-21(17-33-12-14-34(15-13-33)23-4-2-3-9-30-23)25(32-26(35)22-16-28-10-11-29-22)24(31-18)19-5-7-20(27)8-6-19/h2-11,16,31H,12-15,17H2,1H3,(H,32,35). The van der Waals surface area contributed by atoms with Gasteiger partial charge < -0.3 is 15.2 Å². The first-order valence-corrected chi connectivity index (χ1v) is 11.9. The predicted octanol–water partition coefficient (Wildman–Crippen LogP) is 4.40. The van der Waals surface area contributed by atoms with E-state index in [0.717, 1.165) is 60.2 Å². The van der Waals surface area contributed by atoms with Crippen LogP contribution in [0.2, 0.25) is 5.02 Å². The Kier molecular flexibility index (Phi) is 6.74. The van der Waals surface area contributed by atoms with E-state index in [1.54, 1.807) is 6.20 Å². The fourth-order valence-corrected chi connectivity index (χ4v) is 4.45. The number of hydrogen-bond acceptors (Lipinski definition) is 6. The van der Waals surface area contributed by atoms with Gasteiger partial charge in [0.2, 0.25) is 0 Å². The summed E-state index contributed by atoms with van der Waals surface area (Å²) in [5, 5.41) is 3.76. The fourth-order valence-electron chi connectivity index (χ4n) is 4.33. The molecule has 0 aliphatic carbocycles. The minimum absolute atomic E-state index is 0.267. The van der Waals surface area contributed by atoms with E-state index >= 15 is 0 Å². The normalized spacial score (nSPS) is 14.2. The fraction of sp³-hybridized carbons (Fsp3) is 0.231. The van der Waals surface area contributed by atoms with Crippen molar-refractivity contribution in [3.63, 3.8) is 0 Å². The molecule has 0 unspecified atom stereocenters. The van der Waals surface area contributed by atoms with Crippen LogP contribution in [-0.4, -0.2) is 56.9 Å². The molecule has 1 aromatic carbocycles. The van der Waals surface area contributed by atoms with Crippen LogP contribution in [0.4, 0.5) is 11.5 Å². The van der Waals surface area contributed by atoms with Gasteiger partial charge in [-0.05, 0) is 31.2 Å². The summed E-state index contributed by atoms with van der Waals surface area (Å²) in [6.45, 7) is 6.33. The zero-order chi connectivity index (χ0) is 24.2. The molecule has 8 nitrogen and oxygen atoms in total. The largest absolute Gasteiger partial charge is 0.357 e. The molecule has 0 spiro atoms. The topological polar surface area (TPSA) is 90.0 Å². The molecule has 4 aromatic rings. The third-order valence-corrected chi connectivity index (χ3v) is 6.46. The molecule has 2 N–H and O–H groups in total. The molecule has 1 aliphatic heterocycles. The van der Waals surface area contributed by atoms with Crippen molar-refractivity contribution in [1.82, 2.24) is 24.8 Å². The summed E-state index contributed by atoms with van der Waals surface area (Å²) < 4.78 is 0. The zero-order valence-corrected chi connectivity index (χ0v) is 20.2. The Hall–Kier alpha value is -3.75. The Morgan fingerprint density at radius 2 is 1.83 bits per heavy atom. The van der Waals surface area contributed by atoms with E-state index in [0.29, 0.717) is 11.6 Å². The molecule has 1 amide bonds. The predicted molar refractivity (Wildman–Crippen MR) is 138 cm³/mol. The average Bonchev–Trinajstić information content (AvgIpc) is 3.20. The molecule has 0 bridgehead atoms. The van der Waals surface area contributed by atoms with E-state index in [-0.39, 0.29) is 11.6 Å². The smallest absolute Gasteiger partial charge is 0.275 e. The van der Waals surface area contributed by atoms with Crippen LogP contribution < -0.4 is 10.2 Å². The second-order valence-electron chi connectivity index (χ2n) is 8.48. The number of aromatic nitrogens is 4. The molecule has 4 heterocycles. The number of aryl methyl sites for hydroxylation is 1.